The van der Waals surface area contributed by atoms with Crippen LogP contribution in [0, 0.1) is 3.57 Å². The highest BCUT2D eigenvalue weighted by Gasteiger charge is 2.39. The molecule has 2 aliphatic carbocycles. The van der Waals surface area contributed by atoms with Crippen molar-refractivity contribution in [3.63, 3.8) is 0 Å². The minimum Gasteiger partial charge on any atom is -0.493 e. The number of thioether (sulfide) groups is 1. The van der Waals surface area contributed by atoms with Crippen LogP contribution in [0.4, 0.5) is 0 Å². The van der Waals surface area contributed by atoms with E-state index in [4.69, 9.17) is 19.6 Å². The number of carbonyl (C=O) groups excluding carboxylic acids is 1. The van der Waals surface area contributed by atoms with E-state index in [1.54, 1.807) is 31.4 Å². The SMILES string of the molecule is COc1cc(C=C2SC(=NC3CCCCC3)N(C3CCCCC3)C2=O)cc(I)c1OCc1ccc(C(=O)O)cc1. The van der Waals surface area contributed by atoms with E-state index < -0.39 is 5.97 Å². The lowest BCUT2D eigenvalue weighted by Gasteiger charge is -2.31. The van der Waals surface area contributed by atoms with Gasteiger partial charge in [0.15, 0.2) is 16.7 Å². The van der Waals surface area contributed by atoms with Crippen molar-refractivity contribution in [1.29, 1.82) is 0 Å². The largest absolute Gasteiger partial charge is 0.493 e. The Morgan fingerprint density at radius 3 is 2.40 bits per heavy atom. The quantitative estimate of drug-likeness (QED) is 0.230. The fourth-order valence-corrected chi connectivity index (χ4v) is 7.51. The Hall–Kier alpha value is -2.53. The van der Waals surface area contributed by atoms with E-state index in [1.165, 1.54) is 37.4 Å². The van der Waals surface area contributed by atoms with Crippen molar-refractivity contribution in [1.82, 2.24) is 4.90 Å². The summed E-state index contributed by atoms with van der Waals surface area (Å²) in [5.74, 6) is 0.296. The molecule has 0 spiro atoms. The van der Waals surface area contributed by atoms with Crippen molar-refractivity contribution in [2.45, 2.75) is 82.9 Å². The summed E-state index contributed by atoms with van der Waals surface area (Å²) in [5, 5.41) is 10.00. The first-order valence-electron chi connectivity index (χ1n) is 14.1. The van der Waals surface area contributed by atoms with Gasteiger partial charge in [-0.15, -0.1) is 0 Å². The van der Waals surface area contributed by atoms with Gasteiger partial charge in [0.1, 0.15) is 6.61 Å². The fourth-order valence-electron chi connectivity index (χ4n) is 5.62. The standard InChI is InChI=1S/C31H35IN2O5S/c1-38-26-17-21(16-25(32)28(26)39-19-20-12-14-22(15-13-20)30(36)37)18-27-29(35)34(24-10-6-3-7-11-24)31(40-27)33-23-8-4-2-5-9-23/h12-18,23-24H,2-11,19H2,1H3,(H,36,37). The molecule has 7 nitrogen and oxygen atoms in total. The van der Waals surface area contributed by atoms with Crippen LogP contribution in [0.25, 0.3) is 6.08 Å². The molecule has 212 valence electrons. The molecule has 9 heteroatoms. The normalized spacial score (nSPS) is 20.9. The minimum atomic E-state index is -0.957. The summed E-state index contributed by atoms with van der Waals surface area (Å²) >= 11 is 3.74. The summed E-state index contributed by atoms with van der Waals surface area (Å²) in [6.45, 7) is 0.276. The third kappa shape index (κ3) is 6.84. The lowest BCUT2D eigenvalue weighted by molar-refractivity contribution is -0.124. The number of carboxylic acid groups (broad SMARTS) is 1. The lowest BCUT2D eigenvalue weighted by Crippen LogP contribution is -2.41. The molecule has 0 aromatic heterocycles. The average Bonchev–Trinajstić information content (AvgIpc) is 3.27. The second-order valence-corrected chi connectivity index (χ2v) is 12.8. The van der Waals surface area contributed by atoms with Crippen LogP contribution in [0.2, 0.25) is 0 Å². The van der Waals surface area contributed by atoms with Gasteiger partial charge in [-0.25, -0.2) is 4.79 Å². The van der Waals surface area contributed by atoms with Crippen molar-refractivity contribution < 1.29 is 24.2 Å². The van der Waals surface area contributed by atoms with Crippen LogP contribution in [0.5, 0.6) is 11.5 Å². The highest BCUT2D eigenvalue weighted by Crippen LogP contribution is 2.40. The van der Waals surface area contributed by atoms with E-state index in [1.807, 2.05) is 23.1 Å². The predicted octanol–water partition coefficient (Wildman–Crippen LogP) is 7.51. The molecule has 1 N–H and O–H groups in total. The van der Waals surface area contributed by atoms with Crippen molar-refractivity contribution in [3.8, 4) is 11.5 Å². The summed E-state index contributed by atoms with van der Waals surface area (Å²) in [4.78, 5) is 32.7. The van der Waals surface area contributed by atoms with E-state index >= 15 is 0 Å². The van der Waals surface area contributed by atoms with Gasteiger partial charge < -0.3 is 14.6 Å². The maximum Gasteiger partial charge on any atom is 0.335 e. The van der Waals surface area contributed by atoms with Gasteiger partial charge in [0.2, 0.25) is 0 Å². The van der Waals surface area contributed by atoms with Gasteiger partial charge in [-0.05, 0) is 102 Å². The molecule has 3 fully saturated rings. The number of methoxy groups -OCH3 is 1. The molecule has 3 aliphatic rings. The highest BCUT2D eigenvalue weighted by molar-refractivity contribution is 14.1. The van der Waals surface area contributed by atoms with Crippen LogP contribution in [0.15, 0.2) is 46.3 Å². The van der Waals surface area contributed by atoms with Crippen LogP contribution in [0.1, 0.15) is 85.7 Å². The lowest BCUT2D eigenvalue weighted by atomic mass is 9.94. The van der Waals surface area contributed by atoms with Crippen LogP contribution in [-0.4, -0.2) is 46.2 Å². The van der Waals surface area contributed by atoms with Gasteiger partial charge >= 0.3 is 5.97 Å². The van der Waals surface area contributed by atoms with Crippen molar-refractivity contribution in [3.05, 3.63) is 61.6 Å². The molecule has 1 saturated heterocycles. The van der Waals surface area contributed by atoms with Crippen molar-refractivity contribution in [2.75, 3.05) is 7.11 Å². The Bertz CT molecular complexity index is 1300. The van der Waals surface area contributed by atoms with Gasteiger partial charge in [0, 0.05) is 6.04 Å². The zero-order valence-corrected chi connectivity index (χ0v) is 25.7. The zero-order valence-electron chi connectivity index (χ0n) is 22.7. The van der Waals surface area contributed by atoms with Crippen molar-refractivity contribution in [2.24, 2.45) is 4.99 Å². The molecule has 0 unspecified atom stereocenters. The van der Waals surface area contributed by atoms with Gasteiger partial charge in [-0.3, -0.25) is 14.7 Å². The van der Waals surface area contributed by atoms with Gasteiger partial charge in [-0.2, -0.15) is 0 Å². The summed E-state index contributed by atoms with van der Waals surface area (Å²) < 4.78 is 12.6. The monoisotopic (exact) mass is 674 g/mol. The molecule has 0 radical (unpaired) electrons. The molecule has 2 aromatic carbocycles. The van der Waals surface area contributed by atoms with Crippen molar-refractivity contribution >= 4 is 57.5 Å². The fraction of sp³-hybridized carbons (Fsp3) is 0.452. The number of ether oxygens (including phenoxy) is 2. The molecular weight excluding hydrogens is 639 g/mol. The molecule has 1 amide bonds. The Morgan fingerprint density at radius 1 is 1.07 bits per heavy atom. The number of aliphatic imine (C=N–C) groups is 1. The Labute approximate surface area is 253 Å². The second kappa shape index (κ2) is 13.4. The first kappa shape index (κ1) is 29.0. The van der Waals surface area contributed by atoms with E-state index in [0.717, 1.165) is 58.4 Å². The van der Waals surface area contributed by atoms with Gasteiger partial charge in [0.05, 0.1) is 27.2 Å². The predicted molar refractivity (Wildman–Crippen MR) is 167 cm³/mol. The zero-order chi connectivity index (χ0) is 28.1. The Morgan fingerprint density at radius 2 is 1.75 bits per heavy atom. The van der Waals surface area contributed by atoms with Gasteiger partial charge in [0.25, 0.3) is 5.91 Å². The van der Waals surface area contributed by atoms with E-state index in [9.17, 15) is 9.59 Å². The smallest absolute Gasteiger partial charge is 0.335 e. The number of hydrogen-bond acceptors (Lipinski definition) is 6. The number of carboxylic acids is 1. The van der Waals surface area contributed by atoms with E-state index in [2.05, 4.69) is 22.6 Å². The molecule has 1 aliphatic heterocycles. The number of nitrogens with zero attached hydrogens (tertiary/aromatic N) is 2. The topological polar surface area (TPSA) is 88.4 Å². The molecule has 0 bridgehead atoms. The van der Waals surface area contributed by atoms with Crippen LogP contribution in [0.3, 0.4) is 0 Å². The highest BCUT2D eigenvalue weighted by atomic mass is 127. The number of hydrogen-bond donors (Lipinski definition) is 1. The van der Waals surface area contributed by atoms with E-state index in [0.29, 0.717) is 22.4 Å². The molecular formula is C31H35IN2O5S. The first-order chi connectivity index (χ1) is 19.4. The third-order valence-electron chi connectivity index (χ3n) is 7.78. The summed E-state index contributed by atoms with van der Waals surface area (Å²) in [6.07, 6.45) is 13.5. The molecule has 1 heterocycles. The maximum atomic E-state index is 13.8. The number of halogens is 1. The number of benzene rings is 2. The summed E-state index contributed by atoms with van der Waals surface area (Å²) in [6, 6.07) is 11.1. The van der Waals surface area contributed by atoms with Crippen LogP contribution >= 0.6 is 34.4 Å². The summed E-state index contributed by atoms with van der Waals surface area (Å²) in [5.41, 5.74) is 1.97. The number of carbonyl (C=O) groups is 2. The van der Waals surface area contributed by atoms with Crippen LogP contribution < -0.4 is 9.47 Å². The van der Waals surface area contributed by atoms with E-state index in [-0.39, 0.29) is 24.1 Å². The molecule has 40 heavy (non-hydrogen) atoms. The van der Waals surface area contributed by atoms with Gasteiger partial charge in [-0.1, -0.05) is 50.7 Å². The minimum absolute atomic E-state index is 0.0607. The molecule has 0 atom stereocenters. The second-order valence-electron chi connectivity index (χ2n) is 10.6. The molecule has 2 saturated carbocycles. The average molecular weight is 675 g/mol. The molecule has 5 rings (SSSR count). The molecule has 2 aromatic rings. The number of amidine groups is 1. The third-order valence-corrected chi connectivity index (χ3v) is 9.58. The number of amides is 1. The Kier molecular flexibility index (Phi) is 9.72. The first-order valence-corrected chi connectivity index (χ1v) is 16.0. The maximum absolute atomic E-state index is 13.8. The number of rotatable bonds is 8. The Balaban J connectivity index is 1.37. The van der Waals surface area contributed by atoms with Crippen LogP contribution in [-0.2, 0) is 11.4 Å². The number of aromatic carboxylic acids is 1. The summed E-state index contributed by atoms with van der Waals surface area (Å²) in [7, 11) is 1.60.